The number of nitrogens with two attached hydrogens (primary N) is 1. The van der Waals surface area contributed by atoms with Crippen molar-refractivity contribution in [2.45, 2.75) is 13.1 Å². The number of hydrogen-bond donors (Lipinski definition) is 2. The monoisotopic (exact) mass is 378 g/mol. The van der Waals surface area contributed by atoms with E-state index in [-0.39, 0.29) is 5.69 Å². The van der Waals surface area contributed by atoms with Crippen LogP contribution >= 0.6 is 0 Å². The van der Waals surface area contributed by atoms with E-state index in [0.29, 0.717) is 5.69 Å². The smallest absolute Gasteiger partial charge is 0.400 e. The molecule has 2 aromatic carbocycles. The molecule has 0 aliphatic carbocycles. The van der Waals surface area contributed by atoms with Crippen molar-refractivity contribution in [3.8, 4) is 0 Å². The molecule has 0 radical (unpaired) electrons. The maximum atomic E-state index is 12.2. The van der Waals surface area contributed by atoms with Crippen LogP contribution in [0.4, 0.5) is 33.3 Å². The van der Waals surface area contributed by atoms with Crippen molar-refractivity contribution >= 4 is 24.4 Å². The lowest BCUT2D eigenvalue weighted by molar-refractivity contribution is -0.137. The van der Waals surface area contributed by atoms with Gasteiger partial charge in [0.2, 0.25) is 0 Å². The molecule has 144 valence electrons. The van der Waals surface area contributed by atoms with Gasteiger partial charge in [-0.25, -0.2) is 8.78 Å². The van der Waals surface area contributed by atoms with Crippen LogP contribution in [0.15, 0.2) is 47.5 Å². The molecule has 26 heavy (non-hydrogen) atoms. The Morgan fingerprint density at radius 1 is 1.08 bits per heavy atom. The number of aliphatic hydroxyl groups excluding tert-OH is 1. The molecule has 0 aromatic heterocycles. The van der Waals surface area contributed by atoms with E-state index in [0.717, 1.165) is 37.7 Å². The van der Waals surface area contributed by atoms with Crippen LogP contribution in [0.25, 0.3) is 0 Å². The number of rotatable bonds is 1. The Balaban J connectivity index is 0. The second-order valence-corrected chi connectivity index (χ2v) is 4.10. The molecule has 3 N–H and O–H groups in total. The number of anilines is 1. The lowest BCUT2D eigenvalue weighted by Gasteiger charge is -2.05. The van der Waals surface area contributed by atoms with E-state index in [1.54, 1.807) is 0 Å². The first-order valence-electron chi connectivity index (χ1n) is 6.84. The van der Waals surface area contributed by atoms with Gasteiger partial charge < -0.3 is 15.6 Å². The molecule has 0 atom stereocenters. The second kappa shape index (κ2) is 13.5. The Hall–Kier alpha value is -2.81. The summed E-state index contributed by atoms with van der Waals surface area (Å²) in [5.41, 5.74) is 4.78. The SMILES string of the molecule is C=Nc1ccc(C(F)(F)F)cc1.CC=O.CO.Nc1ccc(F)cc1F. The summed E-state index contributed by atoms with van der Waals surface area (Å²) < 4.78 is 60.2. The van der Waals surface area contributed by atoms with Gasteiger partial charge >= 0.3 is 6.18 Å². The molecule has 2 rings (SSSR count). The zero-order valence-electron chi connectivity index (χ0n) is 14.1. The van der Waals surface area contributed by atoms with Crippen LogP contribution in [0.2, 0.25) is 0 Å². The fourth-order valence-electron chi connectivity index (χ4n) is 1.26. The van der Waals surface area contributed by atoms with Crippen LogP contribution < -0.4 is 5.73 Å². The summed E-state index contributed by atoms with van der Waals surface area (Å²) in [6.07, 6.45) is -3.53. The van der Waals surface area contributed by atoms with Gasteiger partial charge in [-0.3, -0.25) is 4.99 Å². The van der Waals surface area contributed by atoms with Gasteiger partial charge in [0.15, 0.2) is 0 Å². The third kappa shape index (κ3) is 10.9. The van der Waals surface area contributed by atoms with Gasteiger partial charge in [-0.2, -0.15) is 13.2 Å². The quantitative estimate of drug-likeness (QED) is 0.334. The van der Waals surface area contributed by atoms with Gasteiger partial charge in [-0.1, -0.05) is 0 Å². The summed E-state index contributed by atoms with van der Waals surface area (Å²) in [7, 11) is 1.00. The molecule has 0 saturated carbocycles. The van der Waals surface area contributed by atoms with Crippen LogP contribution in [0.3, 0.4) is 0 Å². The van der Waals surface area contributed by atoms with E-state index in [1.165, 1.54) is 25.1 Å². The van der Waals surface area contributed by atoms with Gasteiger partial charge in [0.05, 0.1) is 16.9 Å². The Morgan fingerprint density at radius 3 is 1.85 bits per heavy atom. The number of carbonyl (C=O) groups is 1. The minimum absolute atomic E-state index is 0.0311. The molecular weight excluding hydrogens is 359 g/mol. The fourth-order valence-corrected chi connectivity index (χ4v) is 1.26. The summed E-state index contributed by atoms with van der Waals surface area (Å²) in [5, 5.41) is 7.00. The molecule has 0 aliphatic heterocycles. The van der Waals surface area contributed by atoms with E-state index in [9.17, 15) is 22.0 Å². The lowest BCUT2D eigenvalue weighted by Crippen LogP contribution is -2.03. The molecule has 0 bridgehead atoms. The normalized spacial score (nSPS) is 9.23. The van der Waals surface area contributed by atoms with Crippen molar-refractivity contribution in [3.05, 3.63) is 59.7 Å². The highest BCUT2D eigenvalue weighted by molar-refractivity contribution is 5.46. The molecule has 9 heteroatoms. The Kier molecular flexibility index (Phi) is 13.2. The standard InChI is InChI=1S/C8H6F3N.C6H5F2N.C2H4O.CH4O/c1-12-7-4-2-6(3-5-7)8(9,10)11;7-4-1-2-6(9)5(8)3-4;1-2-3;1-2/h2-5H,1H2;1-3H,9H2;2H,1H3;2H,1H3. The summed E-state index contributed by atoms with van der Waals surface area (Å²) in [6, 6.07) is 7.54. The first-order valence-corrected chi connectivity index (χ1v) is 6.84. The van der Waals surface area contributed by atoms with Crippen LogP contribution in [0.5, 0.6) is 0 Å². The number of halogens is 5. The number of nitrogen functional groups attached to an aromatic ring is 1. The molecule has 0 amide bonds. The highest BCUT2D eigenvalue weighted by Gasteiger charge is 2.29. The fraction of sp³-hybridized carbons (Fsp3) is 0.176. The van der Waals surface area contributed by atoms with Crippen molar-refractivity contribution in [1.82, 2.24) is 0 Å². The largest absolute Gasteiger partial charge is 0.416 e. The zero-order valence-corrected chi connectivity index (χ0v) is 14.1. The average Bonchev–Trinajstić information content (AvgIpc) is 2.61. The van der Waals surface area contributed by atoms with Crippen molar-refractivity contribution in [2.24, 2.45) is 4.99 Å². The Morgan fingerprint density at radius 2 is 1.54 bits per heavy atom. The number of carbonyl (C=O) groups excluding carboxylic acids is 1. The molecule has 0 unspecified atom stereocenters. The highest BCUT2D eigenvalue weighted by atomic mass is 19.4. The van der Waals surface area contributed by atoms with E-state index in [4.69, 9.17) is 15.6 Å². The van der Waals surface area contributed by atoms with E-state index >= 15 is 0 Å². The van der Waals surface area contributed by atoms with Crippen molar-refractivity contribution in [1.29, 1.82) is 0 Å². The van der Waals surface area contributed by atoms with Gasteiger partial charge in [0.25, 0.3) is 0 Å². The molecule has 0 spiro atoms. The summed E-state index contributed by atoms with van der Waals surface area (Å²) in [5.74, 6) is -1.32. The van der Waals surface area contributed by atoms with Crippen molar-refractivity contribution in [3.63, 3.8) is 0 Å². The predicted molar refractivity (Wildman–Crippen MR) is 91.3 cm³/mol. The third-order valence-corrected chi connectivity index (χ3v) is 2.34. The summed E-state index contributed by atoms with van der Waals surface area (Å²) in [6.45, 7) is 4.64. The third-order valence-electron chi connectivity index (χ3n) is 2.34. The van der Waals surface area contributed by atoms with Crippen molar-refractivity contribution in [2.75, 3.05) is 12.8 Å². The van der Waals surface area contributed by atoms with Gasteiger partial charge in [-0.15, -0.1) is 0 Å². The van der Waals surface area contributed by atoms with E-state index < -0.39 is 23.4 Å². The molecule has 0 fully saturated rings. The maximum Gasteiger partial charge on any atom is 0.416 e. The molecule has 0 saturated heterocycles. The molecule has 2 aromatic rings. The number of aliphatic hydroxyl groups is 1. The minimum Gasteiger partial charge on any atom is -0.400 e. The first kappa shape index (κ1) is 25.4. The average molecular weight is 378 g/mol. The summed E-state index contributed by atoms with van der Waals surface area (Å²) in [4.78, 5) is 12.3. The van der Waals surface area contributed by atoms with Gasteiger partial charge in [-0.05, 0) is 50.0 Å². The number of aldehydes is 1. The highest BCUT2D eigenvalue weighted by Crippen LogP contribution is 2.30. The number of aliphatic imine (C=N–C) groups is 1. The Labute approximate surface area is 147 Å². The van der Waals surface area contributed by atoms with Crippen molar-refractivity contribution < 1.29 is 31.9 Å². The topological polar surface area (TPSA) is 75.7 Å². The zero-order chi connectivity index (χ0) is 20.8. The minimum atomic E-state index is -4.28. The molecule has 0 aliphatic rings. The predicted octanol–water partition coefficient (Wildman–Crippen LogP) is 4.40. The first-order chi connectivity index (χ1) is 12.1. The van der Waals surface area contributed by atoms with Crippen LogP contribution in [0.1, 0.15) is 12.5 Å². The van der Waals surface area contributed by atoms with E-state index in [1.807, 2.05) is 0 Å². The lowest BCUT2D eigenvalue weighted by atomic mass is 10.2. The summed E-state index contributed by atoms with van der Waals surface area (Å²) >= 11 is 0. The number of hydrogen-bond acceptors (Lipinski definition) is 4. The van der Waals surface area contributed by atoms with Crippen LogP contribution in [-0.2, 0) is 11.0 Å². The number of alkyl halides is 3. The molecule has 4 nitrogen and oxygen atoms in total. The molecule has 0 heterocycles. The van der Waals surface area contributed by atoms with Crippen LogP contribution in [-0.4, -0.2) is 25.2 Å². The van der Waals surface area contributed by atoms with Gasteiger partial charge in [0, 0.05) is 13.2 Å². The van der Waals surface area contributed by atoms with Crippen LogP contribution in [0, 0.1) is 11.6 Å². The molecular formula is C17H19F5N2O2. The van der Waals surface area contributed by atoms with Gasteiger partial charge in [0.1, 0.15) is 17.9 Å². The van der Waals surface area contributed by atoms with E-state index in [2.05, 4.69) is 11.7 Å². The number of benzene rings is 2. The Bertz CT molecular complexity index is 659. The number of nitrogens with zero attached hydrogens (tertiary/aromatic N) is 1. The second-order valence-electron chi connectivity index (χ2n) is 4.10. The maximum absolute atomic E-state index is 12.2.